The average Bonchev–Trinajstić information content (AvgIpc) is 3.31. The van der Waals surface area contributed by atoms with Crippen molar-refractivity contribution in [3.05, 3.63) is 242 Å². The van der Waals surface area contributed by atoms with Crippen molar-refractivity contribution < 1.29 is 0 Å². The number of anilines is 6. The normalized spacial score (nSPS) is 11.4. The van der Waals surface area contributed by atoms with E-state index in [1.165, 1.54) is 43.1 Å². The van der Waals surface area contributed by atoms with E-state index in [0.717, 1.165) is 56.4 Å². The quantitative estimate of drug-likeness (QED) is 0.128. The van der Waals surface area contributed by atoms with Crippen LogP contribution in [0.2, 0.25) is 0 Å². The van der Waals surface area contributed by atoms with Crippen LogP contribution in [0.5, 0.6) is 0 Å². The fraction of sp³-hybridized carbons (Fsp3) is 0. The molecule has 0 amide bonds. The summed E-state index contributed by atoms with van der Waals surface area (Å²) >= 11 is 0. The van der Waals surface area contributed by atoms with Crippen molar-refractivity contribution >= 4 is 102 Å². The Morgan fingerprint density at radius 2 is 0.600 bits per heavy atom. The van der Waals surface area contributed by atoms with Crippen LogP contribution in [0.15, 0.2) is 219 Å². The van der Waals surface area contributed by atoms with Crippen LogP contribution >= 0.6 is 0 Å². The van der Waals surface area contributed by atoms with Crippen LogP contribution in [0.25, 0.3) is 67.4 Å². The van der Waals surface area contributed by atoms with Gasteiger partial charge in [-0.1, -0.05) is 165 Å². The summed E-state index contributed by atoms with van der Waals surface area (Å²) in [7, 11) is 0. The first-order chi connectivity index (χ1) is 29.6. The summed E-state index contributed by atoms with van der Waals surface area (Å²) in [6.45, 7) is 8.10. The highest BCUT2D eigenvalue weighted by Crippen LogP contribution is 2.40. The van der Waals surface area contributed by atoms with Crippen LogP contribution in [0.3, 0.4) is 0 Å². The Hall–Kier alpha value is -7.94. The first-order valence-corrected chi connectivity index (χ1v) is 20.4. The largest absolute Gasteiger partial charge is 0.310 e. The van der Waals surface area contributed by atoms with E-state index in [1.54, 1.807) is 0 Å². The highest BCUT2D eigenvalue weighted by Gasteiger charge is 2.16. The number of nitrogens with zero attached hydrogens (tertiary/aromatic N) is 2. The summed E-state index contributed by atoms with van der Waals surface area (Å²) < 4.78 is 0. The van der Waals surface area contributed by atoms with Crippen molar-refractivity contribution in [2.45, 2.75) is 0 Å². The predicted octanol–water partition coefficient (Wildman–Crippen LogP) is 16.7. The highest BCUT2D eigenvalue weighted by atomic mass is 15.1. The van der Waals surface area contributed by atoms with Crippen LogP contribution in [0.1, 0.15) is 22.3 Å². The van der Waals surface area contributed by atoms with E-state index in [0.29, 0.717) is 0 Å². The smallest absolute Gasteiger partial charge is 0.0468 e. The maximum atomic E-state index is 4.09. The lowest BCUT2D eigenvalue weighted by molar-refractivity contribution is 1.29. The van der Waals surface area contributed by atoms with Crippen molar-refractivity contribution in [3.8, 4) is 0 Å². The fourth-order valence-electron chi connectivity index (χ4n) is 8.33. The molecule has 0 aliphatic heterocycles. The maximum Gasteiger partial charge on any atom is 0.0468 e. The van der Waals surface area contributed by atoms with Gasteiger partial charge in [0.1, 0.15) is 0 Å². The molecule has 0 saturated carbocycles. The molecule has 2 nitrogen and oxygen atoms in total. The Bertz CT molecular complexity index is 3180. The Balaban J connectivity index is 0.953. The summed E-state index contributed by atoms with van der Waals surface area (Å²) in [5.41, 5.74) is 11.0. The summed E-state index contributed by atoms with van der Waals surface area (Å²) in [5.74, 6) is 0. The zero-order valence-electron chi connectivity index (χ0n) is 33.2. The molecule has 0 atom stereocenters. The van der Waals surface area contributed by atoms with Crippen molar-refractivity contribution in [2.75, 3.05) is 9.80 Å². The molecule has 0 aliphatic rings. The molecule has 0 radical (unpaired) electrons. The number of hydrogen-bond donors (Lipinski definition) is 0. The van der Waals surface area contributed by atoms with Gasteiger partial charge < -0.3 is 9.80 Å². The van der Waals surface area contributed by atoms with Crippen LogP contribution in [-0.4, -0.2) is 0 Å². The summed E-state index contributed by atoms with van der Waals surface area (Å²) in [6.07, 6.45) is 8.18. The average molecular weight is 767 g/mol. The van der Waals surface area contributed by atoms with Gasteiger partial charge in [0, 0.05) is 34.1 Å². The zero-order valence-corrected chi connectivity index (χ0v) is 33.2. The lowest BCUT2D eigenvalue weighted by Crippen LogP contribution is -2.10. The molecule has 0 unspecified atom stereocenters. The minimum absolute atomic E-state index is 1.05. The van der Waals surface area contributed by atoms with E-state index in [-0.39, 0.29) is 0 Å². The molecule has 0 heterocycles. The molecule has 0 fully saturated rings. The van der Waals surface area contributed by atoms with Crippen LogP contribution in [-0.2, 0) is 0 Å². The third kappa shape index (κ3) is 7.12. The standard InChI is InChI=1S/C58H42N2/c1-3-43-23-30-54(36-44(43)4-2)60(57-33-26-47-13-7-10-16-50(47)39-57)58-34-27-51-35-42(19-22-52(51)40-58)18-17-41-20-28-53(29-21-41)59(55-31-24-45-11-5-8-14-48(45)37-55)56-32-25-46-12-6-9-15-49(46)38-56/h3-40H,1-2H2/b18-17+. The van der Waals surface area contributed by atoms with Gasteiger partial charge in [-0.15, -0.1) is 0 Å². The van der Waals surface area contributed by atoms with Crippen molar-refractivity contribution in [1.29, 1.82) is 0 Å². The second-order valence-electron chi connectivity index (χ2n) is 15.2. The minimum Gasteiger partial charge on any atom is -0.310 e. The van der Waals surface area contributed by atoms with E-state index in [9.17, 15) is 0 Å². The summed E-state index contributed by atoms with van der Waals surface area (Å²) in [4.78, 5) is 4.67. The molecular weight excluding hydrogens is 725 g/mol. The van der Waals surface area contributed by atoms with Gasteiger partial charge in [-0.25, -0.2) is 0 Å². The van der Waals surface area contributed by atoms with Crippen molar-refractivity contribution in [1.82, 2.24) is 0 Å². The van der Waals surface area contributed by atoms with Gasteiger partial charge in [-0.2, -0.15) is 0 Å². The first-order valence-electron chi connectivity index (χ1n) is 20.4. The lowest BCUT2D eigenvalue weighted by Gasteiger charge is -2.27. The molecular formula is C58H42N2. The van der Waals surface area contributed by atoms with E-state index in [1.807, 2.05) is 12.2 Å². The highest BCUT2D eigenvalue weighted by molar-refractivity contribution is 5.95. The van der Waals surface area contributed by atoms with Gasteiger partial charge in [0.2, 0.25) is 0 Å². The molecule has 0 aliphatic carbocycles. The molecule has 0 bridgehead atoms. The van der Waals surface area contributed by atoms with Crippen molar-refractivity contribution in [2.24, 2.45) is 0 Å². The third-order valence-electron chi connectivity index (χ3n) is 11.5. The Morgan fingerprint density at radius 1 is 0.267 bits per heavy atom. The number of rotatable bonds is 10. The number of fused-ring (bicyclic) bond motifs is 4. The Kier molecular flexibility index (Phi) is 9.57. The van der Waals surface area contributed by atoms with Gasteiger partial charge in [0.15, 0.2) is 0 Å². The first kappa shape index (κ1) is 36.4. The minimum atomic E-state index is 1.05. The van der Waals surface area contributed by atoms with Gasteiger partial charge in [-0.3, -0.25) is 0 Å². The molecule has 0 aromatic heterocycles. The molecule has 0 saturated heterocycles. The zero-order chi connectivity index (χ0) is 40.4. The third-order valence-corrected chi connectivity index (χ3v) is 11.5. The second kappa shape index (κ2) is 15.8. The predicted molar refractivity (Wildman–Crippen MR) is 261 cm³/mol. The summed E-state index contributed by atoms with van der Waals surface area (Å²) in [6, 6.07) is 74.4. The molecule has 60 heavy (non-hydrogen) atoms. The Labute approximate surface area is 351 Å². The maximum absolute atomic E-state index is 4.09. The number of hydrogen-bond acceptors (Lipinski definition) is 2. The molecule has 10 aromatic carbocycles. The monoisotopic (exact) mass is 766 g/mol. The Morgan fingerprint density at radius 3 is 1.10 bits per heavy atom. The van der Waals surface area contributed by atoms with E-state index >= 15 is 0 Å². The number of benzene rings is 10. The van der Waals surface area contributed by atoms with Gasteiger partial charge in [0.05, 0.1) is 0 Å². The van der Waals surface area contributed by atoms with Crippen LogP contribution in [0, 0.1) is 0 Å². The van der Waals surface area contributed by atoms with E-state index in [4.69, 9.17) is 0 Å². The van der Waals surface area contributed by atoms with Crippen LogP contribution in [0.4, 0.5) is 34.1 Å². The SMILES string of the molecule is C=Cc1ccc(N(c2ccc3ccccc3c2)c2ccc3cc(/C=C/c4ccc(N(c5ccc6ccccc6c5)c5ccc6ccccc6c5)cc4)ccc3c2)cc1C=C. The molecule has 10 rings (SSSR count). The second-order valence-corrected chi connectivity index (χ2v) is 15.2. The molecule has 2 heteroatoms. The lowest BCUT2D eigenvalue weighted by atomic mass is 10.0. The molecule has 0 spiro atoms. The fourth-order valence-corrected chi connectivity index (χ4v) is 8.33. The van der Waals surface area contributed by atoms with Gasteiger partial charge in [-0.05, 0) is 144 Å². The van der Waals surface area contributed by atoms with Crippen molar-refractivity contribution in [3.63, 3.8) is 0 Å². The van der Waals surface area contributed by atoms with E-state index in [2.05, 4.69) is 241 Å². The summed E-state index contributed by atoms with van der Waals surface area (Å²) in [5, 5.41) is 9.67. The van der Waals surface area contributed by atoms with E-state index < -0.39 is 0 Å². The topological polar surface area (TPSA) is 6.48 Å². The molecule has 284 valence electrons. The van der Waals surface area contributed by atoms with Crippen LogP contribution < -0.4 is 9.80 Å². The molecule has 0 N–H and O–H groups in total. The van der Waals surface area contributed by atoms with Gasteiger partial charge >= 0.3 is 0 Å². The van der Waals surface area contributed by atoms with Gasteiger partial charge in [0.25, 0.3) is 0 Å². The molecule has 10 aromatic rings.